The van der Waals surface area contributed by atoms with Crippen molar-refractivity contribution >= 4 is 33.0 Å². The van der Waals surface area contributed by atoms with Crippen molar-refractivity contribution in [2.24, 2.45) is 4.99 Å². The fourth-order valence-corrected chi connectivity index (χ4v) is 6.97. The van der Waals surface area contributed by atoms with E-state index in [4.69, 9.17) is 9.73 Å². The van der Waals surface area contributed by atoms with Gasteiger partial charge in [-0.15, -0.1) is 0 Å². The molecule has 1 unspecified atom stereocenters. The summed E-state index contributed by atoms with van der Waals surface area (Å²) in [4.78, 5) is 21.0. The Balaban J connectivity index is 1.36. The van der Waals surface area contributed by atoms with Gasteiger partial charge in [-0.2, -0.15) is 4.31 Å². The molecule has 0 radical (unpaired) electrons. The summed E-state index contributed by atoms with van der Waals surface area (Å²) in [7, 11) is -3.72. The third-order valence-electron chi connectivity index (χ3n) is 7.60. The van der Waals surface area contributed by atoms with E-state index < -0.39 is 15.9 Å². The minimum Gasteiger partial charge on any atom is -0.379 e. The average Bonchev–Trinajstić information content (AvgIpc) is 3.60. The highest BCUT2D eigenvalue weighted by molar-refractivity contribution is 7.89. The van der Waals surface area contributed by atoms with E-state index in [2.05, 4.69) is 22.3 Å². The van der Waals surface area contributed by atoms with E-state index in [0.29, 0.717) is 43.3 Å². The van der Waals surface area contributed by atoms with Gasteiger partial charge in [-0.3, -0.25) is 14.7 Å². The molecule has 6 rings (SSSR count). The first-order valence-electron chi connectivity index (χ1n) is 13.5. The Morgan fingerprint density at radius 2 is 1.64 bits per heavy atom. The number of nitrogens with one attached hydrogen (secondary N) is 1. The molecule has 39 heavy (non-hydrogen) atoms. The number of ether oxygens (including phenoxy) is 1. The van der Waals surface area contributed by atoms with Crippen molar-refractivity contribution in [3.63, 3.8) is 0 Å². The Kier molecular flexibility index (Phi) is 7.31. The summed E-state index contributed by atoms with van der Waals surface area (Å²) in [6, 6.07) is 22.6. The molecule has 0 aromatic heterocycles. The van der Waals surface area contributed by atoms with Gasteiger partial charge in [0, 0.05) is 25.3 Å². The van der Waals surface area contributed by atoms with E-state index in [1.54, 1.807) is 18.2 Å². The summed E-state index contributed by atoms with van der Waals surface area (Å²) >= 11 is 0. The largest absolute Gasteiger partial charge is 0.379 e. The number of aliphatic imine (C=N–C) groups is 1. The van der Waals surface area contributed by atoms with Crippen LogP contribution < -0.4 is 5.32 Å². The molecule has 2 saturated heterocycles. The third kappa shape index (κ3) is 5.40. The molecule has 1 N–H and O–H groups in total. The number of fused-ring (bicyclic) bond motifs is 1. The second-order valence-electron chi connectivity index (χ2n) is 10.2. The predicted molar refractivity (Wildman–Crippen MR) is 151 cm³/mol. The van der Waals surface area contributed by atoms with Crippen LogP contribution >= 0.6 is 0 Å². The summed E-state index contributed by atoms with van der Waals surface area (Å²) < 4.78 is 33.6. The van der Waals surface area contributed by atoms with Gasteiger partial charge in [0.2, 0.25) is 15.9 Å². The number of carbonyl (C=O) groups excluding carboxylic acids is 1. The number of hydrogen-bond donors (Lipinski definition) is 1. The number of likely N-dealkylation sites (tertiary alicyclic amines) is 1. The molecule has 202 valence electrons. The van der Waals surface area contributed by atoms with Crippen LogP contribution in [0.2, 0.25) is 0 Å². The fourth-order valence-electron chi connectivity index (χ4n) is 5.53. The lowest BCUT2D eigenvalue weighted by Gasteiger charge is -2.26. The van der Waals surface area contributed by atoms with Crippen molar-refractivity contribution in [1.29, 1.82) is 0 Å². The van der Waals surface area contributed by atoms with Crippen molar-refractivity contribution in [2.75, 3.05) is 44.7 Å². The zero-order chi connectivity index (χ0) is 26.8. The van der Waals surface area contributed by atoms with Crippen LogP contribution in [0.15, 0.2) is 82.7 Å². The number of hydrogen-bond acceptors (Lipinski definition) is 6. The Morgan fingerprint density at radius 3 is 2.36 bits per heavy atom. The monoisotopic (exact) mass is 544 g/mol. The van der Waals surface area contributed by atoms with Crippen molar-refractivity contribution in [3.05, 3.63) is 89.5 Å². The van der Waals surface area contributed by atoms with Crippen molar-refractivity contribution in [3.8, 4) is 0 Å². The van der Waals surface area contributed by atoms with Gasteiger partial charge in [0.15, 0.2) is 0 Å². The number of benzene rings is 3. The molecule has 3 aromatic rings. The molecule has 1 amide bonds. The molecular weight excluding hydrogens is 512 g/mol. The number of rotatable bonds is 7. The maximum atomic E-state index is 13.4. The maximum absolute atomic E-state index is 13.4. The second kappa shape index (κ2) is 11.0. The lowest BCUT2D eigenvalue weighted by atomic mass is 9.90. The fraction of sp³-hybridized carbons (Fsp3) is 0.333. The van der Waals surface area contributed by atoms with Gasteiger partial charge >= 0.3 is 0 Å². The molecule has 8 nitrogen and oxygen atoms in total. The average molecular weight is 545 g/mol. The Bertz CT molecular complexity index is 1480. The van der Waals surface area contributed by atoms with Crippen LogP contribution in [0.1, 0.15) is 35.4 Å². The second-order valence-corrected chi connectivity index (χ2v) is 12.1. The minimum absolute atomic E-state index is 0.170. The van der Waals surface area contributed by atoms with Crippen molar-refractivity contribution in [2.45, 2.75) is 30.2 Å². The lowest BCUT2D eigenvalue weighted by molar-refractivity contribution is -0.115. The molecule has 0 saturated carbocycles. The van der Waals surface area contributed by atoms with Gasteiger partial charge in [0.1, 0.15) is 5.92 Å². The molecule has 0 aliphatic carbocycles. The molecule has 3 aliphatic rings. The Morgan fingerprint density at radius 1 is 0.923 bits per heavy atom. The van der Waals surface area contributed by atoms with Crippen LogP contribution in [-0.4, -0.2) is 68.6 Å². The highest BCUT2D eigenvalue weighted by atomic mass is 32.2. The first-order chi connectivity index (χ1) is 19.0. The van der Waals surface area contributed by atoms with Crippen LogP contribution in [0.5, 0.6) is 0 Å². The van der Waals surface area contributed by atoms with E-state index in [-0.39, 0.29) is 10.8 Å². The van der Waals surface area contributed by atoms with Gasteiger partial charge in [0.05, 0.1) is 29.5 Å². The topological polar surface area (TPSA) is 91.3 Å². The minimum atomic E-state index is -3.72. The SMILES string of the molecule is O=C1Nc2ccc(S(=O)(=O)N3CCOCC3)cc2C1C(=Nc1ccc(CN2CCCC2)cc1)c1ccccc1. The van der Waals surface area contributed by atoms with E-state index in [9.17, 15) is 13.2 Å². The zero-order valence-corrected chi connectivity index (χ0v) is 22.6. The Labute approximate surface area is 229 Å². The number of morpholine rings is 1. The summed E-state index contributed by atoms with van der Waals surface area (Å²) in [5.74, 6) is -0.967. The van der Waals surface area contributed by atoms with E-state index in [0.717, 1.165) is 30.9 Å². The van der Waals surface area contributed by atoms with Crippen LogP contribution in [0.4, 0.5) is 11.4 Å². The van der Waals surface area contributed by atoms with Gasteiger partial charge in [0.25, 0.3) is 0 Å². The van der Waals surface area contributed by atoms with Gasteiger partial charge in [-0.25, -0.2) is 8.42 Å². The molecule has 0 spiro atoms. The van der Waals surface area contributed by atoms with Crippen molar-refractivity contribution < 1.29 is 17.9 Å². The molecule has 1 atom stereocenters. The summed E-state index contributed by atoms with van der Waals surface area (Å²) in [5, 5.41) is 2.94. The quantitative estimate of drug-likeness (QED) is 0.451. The number of amides is 1. The molecule has 2 fully saturated rings. The number of sulfonamides is 1. The van der Waals surface area contributed by atoms with E-state index in [1.807, 2.05) is 42.5 Å². The molecule has 3 aliphatic heterocycles. The van der Waals surface area contributed by atoms with E-state index >= 15 is 0 Å². The zero-order valence-electron chi connectivity index (χ0n) is 21.8. The number of carbonyl (C=O) groups is 1. The lowest BCUT2D eigenvalue weighted by Crippen LogP contribution is -2.40. The van der Waals surface area contributed by atoms with Crippen LogP contribution in [-0.2, 0) is 26.1 Å². The first-order valence-corrected chi connectivity index (χ1v) is 14.9. The van der Waals surface area contributed by atoms with Crippen LogP contribution in [0.3, 0.4) is 0 Å². The van der Waals surface area contributed by atoms with Gasteiger partial charge < -0.3 is 10.1 Å². The number of nitrogens with zero attached hydrogens (tertiary/aromatic N) is 3. The summed E-state index contributed by atoms with van der Waals surface area (Å²) in [6.45, 7) is 4.56. The summed E-state index contributed by atoms with van der Waals surface area (Å²) in [5.41, 5.74) is 4.60. The normalized spacial score (nSPS) is 20.7. The molecular formula is C30H32N4O4S. The van der Waals surface area contributed by atoms with Crippen molar-refractivity contribution in [1.82, 2.24) is 9.21 Å². The molecule has 3 heterocycles. The summed E-state index contributed by atoms with van der Waals surface area (Å²) in [6.07, 6.45) is 2.51. The first kappa shape index (κ1) is 25.9. The predicted octanol–water partition coefficient (Wildman–Crippen LogP) is 4.16. The smallest absolute Gasteiger partial charge is 0.243 e. The van der Waals surface area contributed by atoms with Crippen LogP contribution in [0, 0.1) is 0 Å². The van der Waals surface area contributed by atoms with Crippen LogP contribution in [0.25, 0.3) is 0 Å². The highest BCUT2D eigenvalue weighted by Crippen LogP contribution is 2.38. The van der Waals surface area contributed by atoms with Gasteiger partial charge in [-0.05, 0) is 73.0 Å². The van der Waals surface area contributed by atoms with E-state index in [1.165, 1.54) is 22.7 Å². The molecule has 3 aromatic carbocycles. The maximum Gasteiger partial charge on any atom is 0.243 e. The standard InChI is InChI=1S/C30H32N4O4S/c35-30-28(26-20-25(12-13-27(26)32-30)39(36,37)34-16-18-38-19-17-34)29(23-6-2-1-3-7-23)31-24-10-8-22(9-11-24)21-33-14-4-5-15-33/h1-3,6-13,20,28H,4-5,14-19,21H2,(H,32,35). The highest BCUT2D eigenvalue weighted by Gasteiger charge is 2.37. The third-order valence-corrected chi connectivity index (χ3v) is 9.49. The van der Waals surface area contributed by atoms with Gasteiger partial charge in [-0.1, -0.05) is 42.5 Å². The molecule has 9 heteroatoms. The Hall–Kier alpha value is -3.37. The molecule has 0 bridgehead atoms. The number of anilines is 1.